The number of aromatic nitrogens is 4. The van der Waals surface area contributed by atoms with E-state index in [1.807, 2.05) is 20.8 Å². The van der Waals surface area contributed by atoms with Crippen molar-refractivity contribution in [2.24, 2.45) is 0 Å². The van der Waals surface area contributed by atoms with Crippen LogP contribution in [0, 0.1) is 12.7 Å². The van der Waals surface area contributed by atoms with E-state index in [-0.39, 0.29) is 39.6 Å². The average Bonchev–Trinajstić information content (AvgIpc) is 2.86. The van der Waals surface area contributed by atoms with Crippen LogP contribution in [0.25, 0.3) is 28.1 Å². The first-order valence-electron chi connectivity index (χ1n) is 12.2. The van der Waals surface area contributed by atoms with Gasteiger partial charge in [0.25, 0.3) is 0 Å². The van der Waals surface area contributed by atoms with E-state index >= 15 is 0 Å². The molecular weight excluding hydrogens is 497 g/mol. The van der Waals surface area contributed by atoms with Crippen LogP contribution in [0.4, 0.5) is 4.39 Å². The van der Waals surface area contributed by atoms with Gasteiger partial charge in [0, 0.05) is 12.2 Å². The lowest BCUT2D eigenvalue weighted by molar-refractivity contribution is 0.366. The fourth-order valence-electron chi connectivity index (χ4n) is 5.06. The summed E-state index contributed by atoms with van der Waals surface area (Å²) in [5.74, 6) is -1.12. The fourth-order valence-corrected chi connectivity index (χ4v) is 5.30. The minimum absolute atomic E-state index is 0.0268. The Balaban J connectivity index is 1.97. The lowest BCUT2D eigenvalue weighted by atomic mass is 10.0. The Hall–Kier alpha value is -3.56. The van der Waals surface area contributed by atoms with Gasteiger partial charge in [-0.3, -0.25) is 23.7 Å². The number of aryl methyl sites for hydroxylation is 1. The second kappa shape index (κ2) is 9.72. The monoisotopic (exact) mass is 523 g/mol. The number of benzene rings is 1. The number of hydrogen-bond acceptors (Lipinski definition) is 6. The number of hydrogen-bond donors (Lipinski definition) is 2. The molecule has 0 aliphatic carbocycles. The maximum Gasteiger partial charge on any atom is 0.322 e. The van der Waals surface area contributed by atoms with E-state index in [1.54, 1.807) is 12.3 Å². The van der Waals surface area contributed by atoms with Crippen molar-refractivity contribution in [2.75, 3.05) is 13.1 Å². The van der Waals surface area contributed by atoms with Crippen molar-refractivity contribution in [1.29, 1.82) is 0 Å². The third-order valence-corrected chi connectivity index (χ3v) is 7.13. The lowest BCUT2D eigenvalue weighted by Gasteiger charge is -2.27. The Morgan fingerprint density at radius 3 is 2.57 bits per heavy atom. The molecule has 0 spiro atoms. The van der Waals surface area contributed by atoms with Gasteiger partial charge in [-0.1, -0.05) is 31.5 Å². The SMILES string of the molecule is Cc1ccnc(C(C)C)c1-n1c(=O)c(=O)n(C2CCNCC2)c2cc(Cl)c(-c3c(O)cccc3F)nc21. The number of rotatable bonds is 4. The summed E-state index contributed by atoms with van der Waals surface area (Å²) in [6.45, 7) is 7.12. The zero-order valence-corrected chi connectivity index (χ0v) is 21.5. The van der Waals surface area contributed by atoms with E-state index in [4.69, 9.17) is 11.6 Å². The molecular formula is C27H27ClFN5O3. The maximum absolute atomic E-state index is 14.9. The second-order valence-corrected chi connectivity index (χ2v) is 10.0. The lowest BCUT2D eigenvalue weighted by Crippen LogP contribution is -2.45. The summed E-state index contributed by atoms with van der Waals surface area (Å²) in [5.41, 5.74) is 0.644. The van der Waals surface area contributed by atoms with Gasteiger partial charge >= 0.3 is 11.1 Å². The Kier molecular flexibility index (Phi) is 6.59. The van der Waals surface area contributed by atoms with Crippen molar-refractivity contribution in [3.05, 3.63) is 79.3 Å². The van der Waals surface area contributed by atoms with Crippen molar-refractivity contribution in [1.82, 2.24) is 24.4 Å². The van der Waals surface area contributed by atoms with Crippen LogP contribution in [0.15, 0.2) is 46.1 Å². The largest absolute Gasteiger partial charge is 0.507 e. The Morgan fingerprint density at radius 1 is 1.16 bits per heavy atom. The van der Waals surface area contributed by atoms with E-state index in [2.05, 4.69) is 15.3 Å². The highest BCUT2D eigenvalue weighted by molar-refractivity contribution is 6.33. The summed E-state index contributed by atoms with van der Waals surface area (Å²) >= 11 is 6.63. The summed E-state index contributed by atoms with van der Waals surface area (Å²) in [6, 6.07) is 6.97. The third kappa shape index (κ3) is 4.22. The van der Waals surface area contributed by atoms with Crippen LogP contribution in [-0.2, 0) is 0 Å². The van der Waals surface area contributed by atoms with Crippen LogP contribution in [0.2, 0.25) is 5.02 Å². The van der Waals surface area contributed by atoms with Gasteiger partial charge in [-0.25, -0.2) is 9.37 Å². The van der Waals surface area contributed by atoms with Gasteiger partial charge < -0.3 is 10.4 Å². The Morgan fingerprint density at radius 2 is 1.89 bits per heavy atom. The number of pyridine rings is 2. The van der Waals surface area contributed by atoms with Gasteiger partial charge in [0.05, 0.1) is 33.2 Å². The number of fused-ring (bicyclic) bond motifs is 1. The molecule has 1 aromatic carbocycles. The number of nitrogens with zero attached hydrogens (tertiary/aromatic N) is 4. The zero-order chi connectivity index (χ0) is 26.4. The molecule has 1 aliphatic rings. The molecule has 8 nitrogen and oxygen atoms in total. The minimum Gasteiger partial charge on any atom is -0.507 e. The molecule has 37 heavy (non-hydrogen) atoms. The molecule has 10 heteroatoms. The van der Waals surface area contributed by atoms with E-state index in [1.165, 1.54) is 33.4 Å². The molecule has 5 rings (SSSR count). The first-order valence-corrected chi connectivity index (χ1v) is 12.6. The van der Waals surface area contributed by atoms with Crippen LogP contribution in [-0.4, -0.2) is 37.3 Å². The molecule has 0 saturated carbocycles. The van der Waals surface area contributed by atoms with Gasteiger partial charge in [-0.15, -0.1) is 0 Å². The molecule has 0 unspecified atom stereocenters. The molecule has 0 bridgehead atoms. The minimum atomic E-state index is -0.775. The highest BCUT2D eigenvalue weighted by Crippen LogP contribution is 2.37. The van der Waals surface area contributed by atoms with Crippen molar-refractivity contribution in [3.8, 4) is 22.7 Å². The third-order valence-electron chi connectivity index (χ3n) is 6.84. The molecule has 1 aliphatic heterocycles. The van der Waals surface area contributed by atoms with Gasteiger partial charge in [0.2, 0.25) is 0 Å². The summed E-state index contributed by atoms with van der Waals surface area (Å²) < 4.78 is 17.6. The molecule has 192 valence electrons. The normalized spacial score (nSPS) is 14.5. The van der Waals surface area contributed by atoms with Gasteiger partial charge in [0.1, 0.15) is 11.6 Å². The first kappa shape index (κ1) is 25.1. The van der Waals surface area contributed by atoms with Crippen LogP contribution >= 0.6 is 11.6 Å². The highest BCUT2D eigenvalue weighted by atomic mass is 35.5. The van der Waals surface area contributed by atoms with Crippen molar-refractivity contribution < 1.29 is 9.50 Å². The predicted molar refractivity (Wildman–Crippen MR) is 141 cm³/mol. The number of piperidine rings is 1. The molecule has 1 saturated heterocycles. The number of aromatic hydroxyl groups is 1. The number of phenols is 1. The van der Waals surface area contributed by atoms with Gasteiger partial charge in [-0.2, -0.15) is 0 Å². The second-order valence-electron chi connectivity index (χ2n) is 9.61. The predicted octanol–water partition coefficient (Wildman–Crippen LogP) is 4.46. The first-order chi connectivity index (χ1) is 17.7. The van der Waals surface area contributed by atoms with Crippen molar-refractivity contribution in [3.63, 3.8) is 0 Å². The molecule has 3 aromatic heterocycles. The molecule has 0 atom stereocenters. The average molecular weight is 524 g/mol. The molecule has 0 amide bonds. The van der Waals surface area contributed by atoms with Crippen LogP contribution in [0.5, 0.6) is 5.75 Å². The molecule has 1 fully saturated rings. The standard InChI is InChI=1S/C27H27ClFN5O3/c1-14(2)22-24(15(3)7-12-31-22)34-25-19(33(26(36)27(34)37)16-8-10-30-11-9-16)13-17(28)23(32-25)21-18(29)5-4-6-20(21)35/h4-7,12-14,16,30,35H,8-11H2,1-3H3. The van der Waals surface area contributed by atoms with Crippen LogP contribution < -0.4 is 16.4 Å². The van der Waals surface area contributed by atoms with E-state index in [0.717, 1.165) is 5.56 Å². The smallest absolute Gasteiger partial charge is 0.322 e. The maximum atomic E-state index is 14.9. The van der Waals surface area contributed by atoms with Gasteiger partial charge in [-0.05, 0) is 68.6 Å². The number of halogens is 2. The van der Waals surface area contributed by atoms with Crippen molar-refractivity contribution in [2.45, 2.75) is 45.6 Å². The Labute approximate surface area is 217 Å². The summed E-state index contributed by atoms with van der Waals surface area (Å²) in [7, 11) is 0. The molecule has 4 heterocycles. The van der Waals surface area contributed by atoms with E-state index in [9.17, 15) is 19.1 Å². The summed E-state index contributed by atoms with van der Waals surface area (Å²) in [4.78, 5) is 36.7. The van der Waals surface area contributed by atoms with Crippen LogP contribution in [0.1, 0.15) is 49.9 Å². The highest BCUT2D eigenvalue weighted by Gasteiger charge is 2.27. The van der Waals surface area contributed by atoms with Crippen molar-refractivity contribution >= 4 is 22.8 Å². The Bertz CT molecular complexity index is 1620. The molecule has 2 N–H and O–H groups in total. The summed E-state index contributed by atoms with van der Waals surface area (Å²) in [6.07, 6.45) is 2.95. The molecule has 0 radical (unpaired) electrons. The van der Waals surface area contributed by atoms with Crippen LogP contribution in [0.3, 0.4) is 0 Å². The zero-order valence-electron chi connectivity index (χ0n) is 20.8. The topological polar surface area (TPSA) is 102 Å². The van der Waals surface area contributed by atoms with Gasteiger partial charge in [0.15, 0.2) is 5.65 Å². The molecule has 4 aromatic rings. The quantitative estimate of drug-likeness (QED) is 0.383. The summed E-state index contributed by atoms with van der Waals surface area (Å²) in [5, 5.41) is 13.8. The van der Waals surface area contributed by atoms with E-state index in [0.29, 0.717) is 42.8 Å². The fraction of sp³-hybridized carbons (Fsp3) is 0.333. The van der Waals surface area contributed by atoms with E-state index < -0.39 is 16.9 Å². The number of nitrogens with one attached hydrogen (secondary N) is 1. The number of phenolic OH excluding ortho intramolecular Hbond substituents is 1.